The van der Waals surface area contributed by atoms with Crippen molar-refractivity contribution in [3.63, 3.8) is 0 Å². The van der Waals surface area contributed by atoms with E-state index in [2.05, 4.69) is 0 Å². The van der Waals surface area contributed by atoms with Crippen LogP contribution < -0.4 is 14.2 Å². The summed E-state index contributed by atoms with van der Waals surface area (Å²) in [7, 11) is 1.56. The Balaban J connectivity index is 1.56. The molecular weight excluding hydrogens is 460 g/mol. The molecule has 8 nitrogen and oxygen atoms in total. The van der Waals surface area contributed by atoms with Gasteiger partial charge in [-0.05, 0) is 60.9 Å². The van der Waals surface area contributed by atoms with Gasteiger partial charge >= 0.3 is 0 Å². The highest BCUT2D eigenvalue weighted by Crippen LogP contribution is 2.33. The van der Waals surface area contributed by atoms with Crippen LogP contribution in [-0.2, 0) is 17.9 Å². The van der Waals surface area contributed by atoms with Crippen molar-refractivity contribution >= 4 is 11.8 Å². The lowest BCUT2D eigenvalue weighted by Gasteiger charge is -2.28. The SMILES string of the molecule is COc1cccc(C(=O)N(CC(=O)N(Cc2ccc3c(c2)OCO3)Cc2ccc(C)o2)CC(C)C)c1. The molecule has 0 bridgehead atoms. The van der Waals surface area contributed by atoms with Crippen LogP contribution in [0.15, 0.2) is 59.0 Å². The van der Waals surface area contributed by atoms with Crippen molar-refractivity contribution in [2.24, 2.45) is 5.92 Å². The third kappa shape index (κ3) is 6.19. The molecule has 1 aliphatic rings. The molecule has 0 saturated heterocycles. The van der Waals surface area contributed by atoms with Crippen LogP contribution in [-0.4, -0.2) is 48.6 Å². The second-order valence-electron chi connectivity index (χ2n) is 9.26. The third-order valence-electron chi connectivity index (χ3n) is 5.82. The summed E-state index contributed by atoms with van der Waals surface area (Å²) in [4.78, 5) is 30.4. The lowest BCUT2D eigenvalue weighted by atomic mass is 10.1. The van der Waals surface area contributed by atoms with Gasteiger partial charge in [-0.1, -0.05) is 26.0 Å². The smallest absolute Gasteiger partial charge is 0.254 e. The number of fused-ring (bicyclic) bond motifs is 1. The third-order valence-corrected chi connectivity index (χ3v) is 5.82. The highest BCUT2D eigenvalue weighted by atomic mass is 16.7. The second-order valence-corrected chi connectivity index (χ2v) is 9.26. The number of rotatable bonds is 10. The summed E-state index contributed by atoms with van der Waals surface area (Å²) < 4.78 is 21.9. The lowest BCUT2D eigenvalue weighted by Crippen LogP contribution is -2.43. The molecule has 0 fully saturated rings. The molecule has 0 unspecified atom stereocenters. The highest BCUT2D eigenvalue weighted by Gasteiger charge is 2.25. The van der Waals surface area contributed by atoms with E-state index in [1.807, 2.05) is 51.1 Å². The molecule has 0 spiro atoms. The summed E-state index contributed by atoms with van der Waals surface area (Å²) in [6.45, 7) is 7.09. The van der Waals surface area contributed by atoms with E-state index in [4.69, 9.17) is 18.6 Å². The van der Waals surface area contributed by atoms with Crippen molar-refractivity contribution in [2.75, 3.05) is 27.0 Å². The maximum atomic E-state index is 13.7. The standard InChI is InChI=1S/C28H32N2O6/c1-19(2)14-30(28(32)22-6-5-7-23(13-22)33-4)17-27(31)29(16-24-10-8-20(3)36-24)15-21-9-11-25-26(12-21)35-18-34-25/h5-13,19H,14-18H2,1-4H3. The normalized spacial score (nSPS) is 12.0. The van der Waals surface area contributed by atoms with E-state index in [0.717, 1.165) is 11.3 Å². The van der Waals surface area contributed by atoms with E-state index in [-0.39, 0.29) is 37.6 Å². The first-order valence-electron chi connectivity index (χ1n) is 12.0. The van der Waals surface area contributed by atoms with E-state index in [1.54, 1.807) is 41.2 Å². The number of benzene rings is 2. The van der Waals surface area contributed by atoms with Gasteiger partial charge in [-0.2, -0.15) is 0 Å². The molecule has 0 saturated carbocycles. The Bertz CT molecular complexity index is 1220. The van der Waals surface area contributed by atoms with Crippen molar-refractivity contribution in [1.82, 2.24) is 9.80 Å². The molecule has 1 aliphatic heterocycles. The number of hydrogen-bond acceptors (Lipinski definition) is 6. The molecule has 2 amide bonds. The fourth-order valence-electron chi connectivity index (χ4n) is 4.11. The van der Waals surface area contributed by atoms with Gasteiger partial charge in [0.25, 0.3) is 5.91 Å². The van der Waals surface area contributed by atoms with Crippen LogP contribution in [0.4, 0.5) is 0 Å². The molecule has 3 aromatic rings. The zero-order valence-corrected chi connectivity index (χ0v) is 21.2. The van der Waals surface area contributed by atoms with E-state index in [1.165, 1.54) is 0 Å². The molecule has 190 valence electrons. The number of furan rings is 1. The number of amides is 2. The minimum atomic E-state index is -0.215. The largest absolute Gasteiger partial charge is 0.497 e. The quantitative estimate of drug-likeness (QED) is 0.410. The Hall–Kier alpha value is -3.94. The van der Waals surface area contributed by atoms with Crippen molar-refractivity contribution in [1.29, 1.82) is 0 Å². The van der Waals surface area contributed by atoms with E-state index in [9.17, 15) is 9.59 Å². The molecule has 36 heavy (non-hydrogen) atoms. The maximum Gasteiger partial charge on any atom is 0.254 e. The Morgan fingerprint density at radius 2 is 1.78 bits per heavy atom. The molecule has 2 heterocycles. The van der Waals surface area contributed by atoms with Gasteiger partial charge in [-0.3, -0.25) is 9.59 Å². The van der Waals surface area contributed by atoms with Crippen molar-refractivity contribution in [3.8, 4) is 17.2 Å². The minimum absolute atomic E-state index is 0.0571. The lowest BCUT2D eigenvalue weighted by molar-refractivity contribution is -0.133. The summed E-state index contributed by atoms with van der Waals surface area (Å²) in [6, 6.07) is 16.3. The van der Waals surface area contributed by atoms with Gasteiger partial charge < -0.3 is 28.4 Å². The van der Waals surface area contributed by atoms with Gasteiger partial charge in [0, 0.05) is 18.7 Å². The molecule has 0 N–H and O–H groups in total. The number of carbonyl (C=O) groups is 2. The fraction of sp³-hybridized carbons (Fsp3) is 0.357. The van der Waals surface area contributed by atoms with E-state index < -0.39 is 0 Å². The number of aryl methyl sites for hydroxylation is 1. The molecule has 2 aromatic carbocycles. The summed E-state index contributed by atoms with van der Waals surface area (Å²) in [5.41, 5.74) is 1.37. The van der Waals surface area contributed by atoms with Crippen LogP contribution in [0.3, 0.4) is 0 Å². The Morgan fingerprint density at radius 3 is 2.50 bits per heavy atom. The molecule has 1 aromatic heterocycles. The zero-order valence-electron chi connectivity index (χ0n) is 21.2. The first-order chi connectivity index (χ1) is 17.3. The monoisotopic (exact) mass is 492 g/mol. The number of nitrogens with zero attached hydrogens (tertiary/aromatic N) is 2. The van der Waals surface area contributed by atoms with Crippen LogP contribution in [0.5, 0.6) is 17.2 Å². The first-order valence-corrected chi connectivity index (χ1v) is 12.0. The predicted molar refractivity (Wildman–Crippen MR) is 134 cm³/mol. The number of hydrogen-bond donors (Lipinski definition) is 0. The molecule has 8 heteroatoms. The predicted octanol–water partition coefficient (Wildman–Crippen LogP) is 4.65. The van der Waals surface area contributed by atoms with E-state index in [0.29, 0.717) is 41.7 Å². The summed E-state index contributed by atoms with van der Waals surface area (Å²) >= 11 is 0. The van der Waals surface area contributed by atoms with Crippen LogP contribution in [0.1, 0.15) is 41.3 Å². The Labute approximate surface area is 211 Å². The van der Waals surface area contributed by atoms with Gasteiger partial charge in [0.1, 0.15) is 23.8 Å². The van der Waals surface area contributed by atoms with Gasteiger partial charge in [0.2, 0.25) is 12.7 Å². The van der Waals surface area contributed by atoms with Crippen LogP contribution in [0, 0.1) is 12.8 Å². The Morgan fingerprint density at radius 1 is 0.972 bits per heavy atom. The average molecular weight is 493 g/mol. The van der Waals surface area contributed by atoms with Crippen LogP contribution in [0.2, 0.25) is 0 Å². The number of methoxy groups -OCH3 is 1. The van der Waals surface area contributed by atoms with Gasteiger partial charge in [-0.25, -0.2) is 0 Å². The fourth-order valence-corrected chi connectivity index (χ4v) is 4.11. The summed E-state index contributed by atoms with van der Waals surface area (Å²) in [5.74, 6) is 3.17. The van der Waals surface area contributed by atoms with Crippen molar-refractivity contribution < 1.29 is 28.2 Å². The molecular formula is C28H32N2O6. The average Bonchev–Trinajstić information content (AvgIpc) is 3.50. The highest BCUT2D eigenvalue weighted by molar-refractivity contribution is 5.96. The number of carbonyl (C=O) groups excluding carboxylic acids is 2. The van der Waals surface area contributed by atoms with Gasteiger partial charge in [0.05, 0.1) is 13.7 Å². The summed E-state index contributed by atoms with van der Waals surface area (Å²) in [6.07, 6.45) is 0. The second kappa shape index (κ2) is 11.2. The van der Waals surface area contributed by atoms with Crippen molar-refractivity contribution in [2.45, 2.75) is 33.9 Å². The topological polar surface area (TPSA) is 81.5 Å². The van der Waals surface area contributed by atoms with Crippen LogP contribution >= 0.6 is 0 Å². The van der Waals surface area contributed by atoms with Gasteiger partial charge in [0.15, 0.2) is 11.5 Å². The summed E-state index contributed by atoms with van der Waals surface area (Å²) in [5, 5.41) is 0. The van der Waals surface area contributed by atoms with E-state index >= 15 is 0 Å². The van der Waals surface area contributed by atoms with Gasteiger partial charge in [-0.15, -0.1) is 0 Å². The minimum Gasteiger partial charge on any atom is -0.497 e. The van der Waals surface area contributed by atoms with Crippen LogP contribution in [0.25, 0.3) is 0 Å². The molecule has 0 radical (unpaired) electrons. The molecule has 0 atom stereocenters. The maximum absolute atomic E-state index is 13.7. The zero-order chi connectivity index (χ0) is 25.7. The van der Waals surface area contributed by atoms with Crippen molar-refractivity contribution in [3.05, 3.63) is 77.2 Å². The molecule has 0 aliphatic carbocycles. The number of ether oxygens (including phenoxy) is 3. The Kier molecular flexibility index (Phi) is 7.83. The molecule has 4 rings (SSSR count). The first kappa shape index (κ1) is 25.2.